The first kappa shape index (κ1) is 41.1. The van der Waals surface area contributed by atoms with E-state index in [9.17, 15) is 24.3 Å². The zero-order valence-corrected chi connectivity index (χ0v) is 35.1. The van der Waals surface area contributed by atoms with Gasteiger partial charge in [-0.05, 0) is 100 Å². The molecular weight excluding hydrogens is 773 g/mol. The van der Waals surface area contributed by atoms with E-state index >= 15 is 0 Å². The number of hydrogen-bond acceptors (Lipinski definition) is 7. The maximum absolute atomic E-state index is 13.7. The number of carboxylic acid groups (broad SMARTS) is 1. The fraction of sp³-hybridized carbons (Fsp3) is 0.362. The first-order valence-corrected chi connectivity index (χ1v) is 21.0. The van der Waals surface area contributed by atoms with E-state index in [1.165, 1.54) is 7.11 Å². The maximum Gasteiger partial charge on any atom is 0.407 e. The quantitative estimate of drug-likeness (QED) is 0.0862. The summed E-state index contributed by atoms with van der Waals surface area (Å²) < 4.78 is 4.78. The van der Waals surface area contributed by atoms with Gasteiger partial charge in [0.2, 0.25) is 11.8 Å². The number of amides is 4. The number of benzene rings is 4. The van der Waals surface area contributed by atoms with Gasteiger partial charge in [0.15, 0.2) is 0 Å². The number of rotatable bonds is 11. The number of carbonyl (C=O) groups excluding carboxylic acids is 3. The molecule has 4 heterocycles. The summed E-state index contributed by atoms with van der Waals surface area (Å²) in [4.78, 5) is 70.5. The SMILES string of the molecule is COC(=O)NC(C(=O)N1CCCC1c1nc2ccc(-c3ccc4cc(-c5ccc(-c6cnc([C@@H]7CCCN7C(=O)C(NC(=O)O)C(C)C)[nH]6)cc5)ccc4c3)cc2[nH]1)C(C)C. The molecule has 4 amide bonds. The molecule has 14 heteroatoms. The molecule has 2 fully saturated rings. The number of aromatic nitrogens is 4. The molecule has 0 bridgehead atoms. The number of alkyl carbamates (subject to hydrolysis) is 1. The number of nitrogens with zero attached hydrogens (tertiary/aromatic N) is 4. The molecule has 14 nitrogen and oxygen atoms in total. The second kappa shape index (κ2) is 17.1. The lowest BCUT2D eigenvalue weighted by Gasteiger charge is -2.29. The van der Waals surface area contributed by atoms with E-state index in [2.05, 4.69) is 98.4 Å². The van der Waals surface area contributed by atoms with Crippen molar-refractivity contribution < 1.29 is 29.0 Å². The van der Waals surface area contributed by atoms with Crippen LogP contribution in [0.4, 0.5) is 9.59 Å². The summed E-state index contributed by atoms with van der Waals surface area (Å²) in [6, 6.07) is 25.5. The first-order valence-electron chi connectivity index (χ1n) is 21.0. The zero-order chi connectivity index (χ0) is 42.9. The van der Waals surface area contributed by atoms with Crippen molar-refractivity contribution in [2.75, 3.05) is 20.2 Å². The summed E-state index contributed by atoms with van der Waals surface area (Å²) in [5.41, 5.74) is 7.85. The van der Waals surface area contributed by atoms with E-state index in [1.54, 1.807) is 11.1 Å². The van der Waals surface area contributed by atoms with Gasteiger partial charge in [0.05, 0.1) is 42.1 Å². The summed E-state index contributed by atoms with van der Waals surface area (Å²) in [5, 5.41) is 16.7. The van der Waals surface area contributed by atoms with Gasteiger partial charge < -0.3 is 40.2 Å². The molecule has 0 spiro atoms. The van der Waals surface area contributed by atoms with Gasteiger partial charge in [-0.3, -0.25) is 9.59 Å². The van der Waals surface area contributed by atoms with Crippen LogP contribution in [-0.4, -0.2) is 91.1 Å². The van der Waals surface area contributed by atoms with E-state index in [4.69, 9.17) is 9.72 Å². The number of ether oxygens (including phenoxy) is 1. The molecule has 4 atom stereocenters. The fourth-order valence-corrected chi connectivity index (χ4v) is 8.80. The Labute approximate surface area is 354 Å². The van der Waals surface area contributed by atoms with Crippen LogP contribution in [-0.2, 0) is 14.3 Å². The predicted octanol–water partition coefficient (Wildman–Crippen LogP) is 8.44. The smallest absolute Gasteiger partial charge is 0.407 e. The van der Waals surface area contributed by atoms with Gasteiger partial charge in [-0.15, -0.1) is 0 Å². The number of carbonyl (C=O) groups is 4. The molecule has 0 saturated carbocycles. The van der Waals surface area contributed by atoms with Gasteiger partial charge in [0.1, 0.15) is 23.7 Å². The van der Waals surface area contributed by atoms with Crippen molar-refractivity contribution in [1.29, 1.82) is 0 Å². The van der Waals surface area contributed by atoms with Crippen LogP contribution in [0.1, 0.15) is 77.1 Å². The van der Waals surface area contributed by atoms with Crippen molar-refractivity contribution in [3.05, 3.63) is 96.7 Å². The molecule has 4 aromatic carbocycles. The van der Waals surface area contributed by atoms with E-state index in [0.717, 1.165) is 86.8 Å². The molecule has 0 radical (unpaired) electrons. The highest BCUT2D eigenvalue weighted by molar-refractivity contribution is 5.92. The van der Waals surface area contributed by atoms with Crippen LogP contribution in [0.25, 0.3) is 55.3 Å². The molecule has 61 heavy (non-hydrogen) atoms. The number of likely N-dealkylation sites (tertiary alicyclic amines) is 2. The Morgan fingerprint density at radius 2 is 1.21 bits per heavy atom. The molecule has 0 aliphatic carbocycles. The highest BCUT2D eigenvalue weighted by Crippen LogP contribution is 2.36. The Kier molecular flexibility index (Phi) is 11.5. The van der Waals surface area contributed by atoms with E-state index in [0.29, 0.717) is 18.9 Å². The van der Waals surface area contributed by atoms with Crippen molar-refractivity contribution in [3.63, 3.8) is 0 Å². The third-order valence-corrected chi connectivity index (χ3v) is 12.1. The maximum atomic E-state index is 13.7. The van der Waals surface area contributed by atoms with Crippen LogP contribution in [0.5, 0.6) is 0 Å². The second-order valence-electron chi connectivity index (χ2n) is 16.8. The highest BCUT2D eigenvalue weighted by Gasteiger charge is 2.39. The van der Waals surface area contributed by atoms with Crippen LogP contribution in [0.3, 0.4) is 0 Å². The number of methoxy groups -OCH3 is 1. The minimum Gasteiger partial charge on any atom is -0.465 e. The number of hydrogen-bond donors (Lipinski definition) is 5. The minimum absolute atomic E-state index is 0.108. The van der Waals surface area contributed by atoms with Crippen molar-refractivity contribution in [2.24, 2.45) is 11.8 Å². The molecule has 2 aliphatic rings. The number of imidazole rings is 2. The molecule has 2 saturated heterocycles. The van der Waals surface area contributed by atoms with Gasteiger partial charge in [-0.25, -0.2) is 19.6 Å². The largest absolute Gasteiger partial charge is 0.465 e. The number of nitrogens with one attached hydrogen (secondary N) is 4. The highest BCUT2D eigenvalue weighted by atomic mass is 16.5. The Bertz CT molecular complexity index is 2600. The molecule has 2 aromatic heterocycles. The van der Waals surface area contributed by atoms with Crippen LogP contribution in [0.15, 0.2) is 85.1 Å². The van der Waals surface area contributed by atoms with Crippen molar-refractivity contribution >= 4 is 45.8 Å². The summed E-state index contributed by atoms with van der Waals surface area (Å²) in [5.74, 6) is 0.780. The average molecular weight is 825 g/mol. The number of H-pyrrole nitrogens is 2. The molecule has 6 aromatic rings. The lowest BCUT2D eigenvalue weighted by Crippen LogP contribution is -2.51. The molecular formula is C47H52N8O6. The lowest BCUT2D eigenvalue weighted by molar-refractivity contribution is -0.136. The first-order chi connectivity index (χ1) is 29.4. The van der Waals surface area contributed by atoms with Gasteiger partial charge in [0.25, 0.3) is 0 Å². The monoisotopic (exact) mass is 824 g/mol. The normalized spacial score (nSPS) is 17.6. The molecule has 316 valence electrons. The standard InChI is InChI=1S/C47H52N8O6/c1-26(2)40(52-46(58)59)44(56)54-20-6-8-38(54)42-48-25-37(51-42)29-12-10-28(11-13-29)30-14-15-32-23-33(17-16-31(32)22-30)34-18-19-35-36(24-34)50-43(49-35)39-9-7-21-55(39)45(57)41(27(3)4)53-47(60)61-5/h10-19,22-27,38-41,52H,6-9,20-21H2,1-5H3,(H,48,51)(H,49,50)(H,53,60)(H,58,59)/t38-,39?,40?,41?/m0/s1. The van der Waals surface area contributed by atoms with Crippen molar-refractivity contribution in [3.8, 4) is 33.5 Å². The predicted molar refractivity (Wildman–Crippen MR) is 233 cm³/mol. The lowest BCUT2D eigenvalue weighted by atomic mass is 9.97. The third-order valence-electron chi connectivity index (χ3n) is 12.1. The fourth-order valence-electron chi connectivity index (χ4n) is 8.80. The van der Waals surface area contributed by atoms with Crippen LogP contribution in [0, 0.1) is 11.8 Å². The number of fused-ring (bicyclic) bond motifs is 2. The van der Waals surface area contributed by atoms with Gasteiger partial charge in [0, 0.05) is 13.1 Å². The number of aromatic amines is 2. The van der Waals surface area contributed by atoms with Crippen LogP contribution >= 0.6 is 0 Å². The Hall–Kier alpha value is -6.70. The third kappa shape index (κ3) is 8.39. The summed E-state index contributed by atoms with van der Waals surface area (Å²) in [7, 11) is 1.29. The zero-order valence-electron chi connectivity index (χ0n) is 35.1. The van der Waals surface area contributed by atoms with E-state index in [-0.39, 0.29) is 35.7 Å². The molecule has 3 unspecified atom stereocenters. The Balaban J connectivity index is 0.955. The average Bonchev–Trinajstić information content (AvgIpc) is 4.10. The van der Waals surface area contributed by atoms with Gasteiger partial charge >= 0.3 is 12.2 Å². The topological polar surface area (TPSA) is 186 Å². The van der Waals surface area contributed by atoms with E-state index in [1.807, 2.05) is 38.7 Å². The van der Waals surface area contributed by atoms with Crippen LogP contribution < -0.4 is 10.6 Å². The van der Waals surface area contributed by atoms with Crippen molar-refractivity contribution in [1.82, 2.24) is 40.4 Å². The van der Waals surface area contributed by atoms with Gasteiger partial charge in [-0.1, -0.05) is 82.3 Å². The molecule has 5 N–H and O–H groups in total. The summed E-state index contributed by atoms with van der Waals surface area (Å²) >= 11 is 0. The Morgan fingerprint density at radius 1 is 0.689 bits per heavy atom. The van der Waals surface area contributed by atoms with Gasteiger partial charge in [-0.2, -0.15) is 0 Å². The molecule has 8 rings (SSSR count). The molecule has 2 aliphatic heterocycles. The van der Waals surface area contributed by atoms with E-state index < -0.39 is 24.3 Å². The van der Waals surface area contributed by atoms with Crippen molar-refractivity contribution in [2.45, 2.75) is 77.5 Å². The summed E-state index contributed by atoms with van der Waals surface area (Å²) in [6.45, 7) is 8.63. The second-order valence-corrected chi connectivity index (χ2v) is 16.8. The minimum atomic E-state index is -1.21. The Morgan fingerprint density at radius 3 is 1.80 bits per heavy atom. The van der Waals surface area contributed by atoms with Crippen LogP contribution in [0.2, 0.25) is 0 Å². The summed E-state index contributed by atoms with van der Waals surface area (Å²) in [6.07, 6.45) is 3.16.